The molecule has 0 radical (unpaired) electrons. The molecule has 3 N–H and O–H groups in total. The number of nitro groups is 1. The Balaban J connectivity index is 2.16. The molecule has 0 amide bonds. The number of hydrogen-bond donors (Lipinski definition) is 2. The highest BCUT2D eigenvalue weighted by molar-refractivity contribution is 5.61. The predicted molar refractivity (Wildman–Crippen MR) is 74.6 cm³/mol. The van der Waals surface area contributed by atoms with Crippen molar-refractivity contribution >= 4 is 11.4 Å². The average molecular weight is 264 g/mol. The number of rotatable bonds is 4. The van der Waals surface area contributed by atoms with E-state index in [0.29, 0.717) is 11.7 Å². The lowest BCUT2D eigenvalue weighted by Gasteiger charge is -2.33. The summed E-state index contributed by atoms with van der Waals surface area (Å²) in [7, 11) is 0. The van der Waals surface area contributed by atoms with E-state index in [4.69, 9.17) is 5.84 Å². The smallest absolute Gasteiger partial charge is 0.293 e. The summed E-state index contributed by atoms with van der Waals surface area (Å²) >= 11 is 0. The summed E-state index contributed by atoms with van der Waals surface area (Å²) in [5, 5.41) is 11.0. The second kappa shape index (κ2) is 5.99. The molecule has 1 unspecified atom stereocenters. The van der Waals surface area contributed by atoms with Gasteiger partial charge in [0.2, 0.25) is 0 Å². The van der Waals surface area contributed by atoms with E-state index in [1.54, 1.807) is 12.1 Å². The summed E-state index contributed by atoms with van der Waals surface area (Å²) in [6, 6.07) is 5.71. The molecule has 0 aromatic heterocycles. The van der Waals surface area contributed by atoms with Gasteiger partial charge in [-0.3, -0.25) is 20.9 Å². The summed E-state index contributed by atoms with van der Waals surface area (Å²) in [5.41, 5.74) is 3.70. The number of nitrogens with one attached hydrogen (secondary N) is 1. The van der Waals surface area contributed by atoms with Crippen LogP contribution in [0.5, 0.6) is 0 Å². The molecule has 1 saturated heterocycles. The monoisotopic (exact) mass is 264 g/mol. The maximum absolute atomic E-state index is 11.0. The van der Waals surface area contributed by atoms with Gasteiger partial charge in [0, 0.05) is 18.7 Å². The summed E-state index contributed by atoms with van der Waals surface area (Å²) in [6.07, 6.45) is 3.67. The Morgan fingerprint density at radius 1 is 1.53 bits per heavy atom. The van der Waals surface area contributed by atoms with Crippen LogP contribution >= 0.6 is 0 Å². The van der Waals surface area contributed by atoms with E-state index in [1.165, 1.54) is 19.3 Å². The largest absolute Gasteiger partial charge is 0.318 e. The number of benzene rings is 1. The standard InChI is InChI=1S/C13H20N4O2/c1-10-4-2-3-7-16(10)9-11-5-6-12(15-14)13(8-11)17(18)19/h5-6,8,10,15H,2-4,7,9,14H2,1H3. The van der Waals surface area contributed by atoms with Crippen molar-refractivity contribution in [3.05, 3.63) is 33.9 Å². The number of nitro benzene ring substituents is 1. The first-order chi connectivity index (χ1) is 9.11. The highest BCUT2D eigenvalue weighted by Crippen LogP contribution is 2.26. The Morgan fingerprint density at radius 2 is 2.32 bits per heavy atom. The first-order valence-corrected chi connectivity index (χ1v) is 6.60. The summed E-state index contributed by atoms with van der Waals surface area (Å²) in [6.45, 7) is 4.03. The van der Waals surface area contributed by atoms with Gasteiger partial charge in [0.25, 0.3) is 5.69 Å². The van der Waals surface area contributed by atoms with Crippen molar-refractivity contribution < 1.29 is 4.92 Å². The molecule has 1 atom stereocenters. The molecule has 0 aliphatic carbocycles. The Kier molecular flexibility index (Phi) is 4.34. The molecule has 1 aliphatic rings. The molecule has 104 valence electrons. The van der Waals surface area contributed by atoms with Gasteiger partial charge < -0.3 is 5.43 Å². The van der Waals surface area contributed by atoms with E-state index in [2.05, 4.69) is 17.2 Å². The fraction of sp³-hybridized carbons (Fsp3) is 0.538. The molecule has 2 rings (SSSR count). The van der Waals surface area contributed by atoms with Crippen LogP contribution in [0.25, 0.3) is 0 Å². The molecule has 6 heteroatoms. The Bertz CT molecular complexity index is 464. The van der Waals surface area contributed by atoms with E-state index in [0.717, 1.165) is 18.7 Å². The summed E-state index contributed by atoms with van der Waals surface area (Å²) < 4.78 is 0. The van der Waals surface area contributed by atoms with Crippen molar-refractivity contribution in [2.75, 3.05) is 12.0 Å². The van der Waals surface area contributed by atoms with Crippen LogP contribution in [0.4, 0.5) is 11.4 Å². The minimum absolute atomic E-state index is 0.0321. The molecular weight excluding hydrogens is 244 g/mol. The van der Waals surface area contributed by atoms with E-state index >= 15 is 0 Å². The number of nitrogen functional groups attached to an aromatic ring is 1. The van der Waals surface area contributed by atoms with E-state index in [-0.39, 0.29) is 5.69 Å². The zero-order valence-electron chi connectivity index (χ0n) is 11.1. The normalized spacial score (nSPS) is 20.2. The zero-order chi connectivity index (χ0) is 13.8. The number of likely N-dealkylation sites (tertiary alicyclic amines) is 1. The lowest BCUT2D eigenvalue weighted by Crippen LogP contribution is -2.36. The number of piperidine rings is 1. The fourth-order valence-electron chi connectivity index (χ4n) is 2.58. The van der Waals surface area contributed by atoms with Crippen LogP contribution in [0.3, 0.4) is 0 Å². The van der Waals surface area contributed by atoms with Gasteiger partial charge in [-0.1, -0.05) is 12.5 Å². The SMILES string of the molecule is CC1CCCCN1Cc1ccc(NN)c([N+](=O)[O-])c1. The van der Waals surface area contributed by atoms with Crippen molar-refractivity contribution in [2.24, 2.45) is 5.84 Å². The average Bonchev–Trinajstić information content (AvgIpc) is 2.41. The lowest BCUT2D eigenvalue weighted by atomic mass is 10.0. The third kappa shape index (κ3) is 3.21. The molecule has 0 saturated carbocycles. The Labute approximate surface area is 112 Å². The highest BCUT2D eigenvalue weighted by Gasteiger charge is 2.20. The first-order valence-electron chi connectivity index (χ1n) is 6.60. The molecule has 0 bridgehead atoms. The topological polar surface area (TPSA) is 84.4 Å². The molecule has 1 aromatic carbocycles. The molecule has 0 spiro atoms. The zero-order valence-corrected chi connectivity index (χ0v) is 11.1. The number of hydrazine groups is 1. The Morgan fingerprint density at radius 3 is 2.95 bits per heavy atom. The van der Waals surface area contributed by atoms with Crippen LogP contribution in [-0.2, 0) is 6.54 Å². The predicted octanol–water partition coefficient (Wildman–Crippen LogP) is 2.25. The second-order valence-electron chi connectivity index (χ2n) is 5.07. The van der Waals surface area contributed by atoms with Gasteiger partial charge in [-0.05, 0) is 37.9 Å². The van der Waals surface area contributed by atoms with Crippen LogP contribution in [-0.4, -0.2) is 22.4 Å². The fourth-order valence-corrected chi connectivity index (χ4v) is 2.58. The highest BCUT2D eigenvalue weighted by atomic mass is 16.6. The number of nitrogens with zero attached hydrogens (tertiary/aromatic N) is 2. The molecule has 1 heterocycles. The van der Waals surface area contributed by atoms with Crippen LogP contribution in [0, 0.1) is 10.1 Å². The van der Waals surface area contributed by atoms with Crippen LogP contribution in [0.1, 0.15) is 31.7 Å². The van der Waals surface area contributed by atoms with Crippen molar-refractivity contribution in [1.29, 1.82) is 0 Å². The van der Waals surface area contributed by atoms with Gasteiger partial charge >= 0.3 is 0 Å². The van der Waals surface area contributed by atoms with E-state index in [9.17, 15) is 10.1 Å². The van der Waals surface area contributed by atoms with E-state index < -0.39 is 4.92 Å². The molecule has 1 aromatic rings. The van der Waals surface area contributed by atoms with Crippen molar-refractivity contribution in [3.63, 3.8) is 0 Å². The van der Waals surface area contributed by atoms with Crippen molar-refractivity contribution in [1.82, 2.24) is 4.90 Å². The first kappa shape index (κ1) is 13.8. The molecular formula is C13H20N4O2. The molecule has 1 fully saturated rings. The van der Waals surface area contributed by atoms with Gasteiger partial charge in [0.05, 0.1) is 4.92 Å². The molecule has 19 heavy (non-hydrogen) atoms. The molecule has 6 nitrogen and oxygen atoms in total. The number of anilines is 1. The third-order valence-corrected chi connectivity index (χ3v) is 3.74. The van der Waals surface area contributed by atoms with Crippen LogP contribution < -0.4 is 11.3 Å². The lowest BCUT2D eigenvalue weighted by molar-refractivity contribution is -0.384. The van der Waals surface area contributed by atoms with Crippen molar-refractivity contribution in [3.8, 4) is 0 Å². The number of hydrogen-bond acceptors (Lipinski definition) is 5. The minimum atomic E-state index is -0.404. The Hall–Kier alpha value is -1.66. The number of nitrogens with two attached hydrogens (primary N) is 1. The van der Waals surface area contributed by atoms with Gasteiger partial charge in [-0.2, -0.15) is 0 Å². The van der Waals surface area contributed by atoms with Crippen molar-refractivity contribution in [2.45, 2.75) is 38.8 Å². The van der Waals surface area contributed by atoms with Gasteiger partial charge in [-0.25, -0.2) is 0 Å². The minimum Gasteiger partial charge on any atom is -0.318 e. The summed E-state index contributed by atoms with van der Waals surface area (Å²) in [5.74, 6) is 5.28. The quantitative estimate of drug-likeness (QED) is 0.495. The maximum atomic E-state index is 11.0. The third-order valence-electron chi connectivity index (χ3n) is 3.74. The molecule has 1 aliphatic heterocycles. The van der Waals surface area contributed by atoms with Gasteiger partial charge in [0.15, 0.2) is 0 Å². The summed E-state index contributed by atoms with van der Waals surface area (Å²) in [4.78, 5) is 13.0. The van der Waals surface area contributed by atoms with Crippen LogP contribution in [0.2, 0.25) is 0 Å². The van der Waals surface area contributed by atoms with Gasteiger partial charge in [-0.15, -0.1) is 0 Å². The second-order valence-corrected chi connectivity index (χ2v) is 5.07. The van der Waals surface area contributed by atoms with Crippen LogP contribution in [0.15, 0.2) is 18.2 Å². The maximum Gasteiger partial charge on any atom is 0.293 e. The van der Waals surface area contributed by atoms with E-state index in [1.807, 2.05) is 6.07 Å². The van der Waals surface area contributed by atoms with Gasteiger partial charge in [0.1, 0.15) is 5.69 Å².